The molecule has 0 fully saturated rings. The standard InChI is InChI=1S/C16H21BrFN3/c1-16(2,3)15(10-21-7-6-19-11-21)20-9-12-4-5-13(17)8-14(12)18/h4-8,11,15,20H,9-10H2,1-3H3. The van der Waals surface area contributed by atoms with E-state index in [1.807, 2.05) is 22.9 Å². The molecule has 0 saturated heterocycles. The van der Waals surface area contributed by atoms with Crippen molar-refractivity contribution in [3.05, 3.63) is 52.8 Å². The van der Waals surface area contributed by atoms with Crippen LogP contribution in [-0.4, -0.2) is 15.6 Å². The third-order valence-corrected chi connectivity index (χ3v) is 4.05. The normalized spacial score (nSPS) is 13.4. The van der Waals surface area contributed by atoms with Gasteiger partial charge in [-0.1, -0.05) is 42.8 Å². The number of rotatable bonds is 5. The summed E-state index contributed by atoms with van der Waals surface area (Å²) in [6.45, 7) is 7.86. The first-order valence-electron chi connectivity index (χ1n) is 6.99. The summed E-state index contributed by atoms with van der Waals surface area (Å²) in [6.07, 6.45) is 5.52. The van der Waals surface area contributed by atoms with E-state index in [4.69, 9.17) is 0 Å². The molecule has 1 unspecified atom stereocenters. The van der Waals surface area contributed by atoms with Crippen LogP contribution in [0.3, 0.4) is 0 Å². The lowest BCUT2D eigenvalue weighted by atomic mass is 9.86. The minimum absolute atomic E-state index is 0.0656. The molecule has 0 aliphatic rings. The summed E-state index contributed by atoms with van der Waals surface area (Å²) in [6, 6.07) is 5.39. The summed E-state index contributed by atoms with van der Waals surface area (Å²) in [5.41, 5.74) is 0.744. The fourth-order valence-electron chi connectivity index (χ4n) is 2.15. The first-order chi connectivity index (χ1) is 9.86. The first-order valence-corrected chi connectivity index (χ1v) is 7.78. The molecule has 3 nitrogen and oxygen atoms in total. The highest BCUT2D eigenvalue weighted by molar-refractivity contribution is 9.10. The van der Waals surface area contributed by atoms with Gasteiger partial charge >= 0.3 is 0 Å². The number of imidazole rings is 1. The summed E-state index contributed by atoms with van der Waals surface area (Å²) in [4.78, 5) is 4.07. The Morgan fingerprint density at radius 3 is 2.71 bits per heavy atom. The number of benzene rings is 1. The number of nitrogens with zero attached hydrogens (tertiary/aromatic N) is 2. The molecule has 0 aliphatic carbocycles. The molecule has 0 bridgehead atoms. The highest BCUT2D eigenvalue weighted by Gasteiger charge is 2.24. The Morgan fingerprint density at radius 2 is 2.14 bits per heavy atom. The van der Waals surface area contributed by atoms with E-state index >= 15 is 0 Å². The molecule has 2 aromatic rings. The van der Waals surface area contributed by atoms with Crippen LogP contribution in [0.1, 0.15) is 26.3 Å². The predicted molar refractivity (Wildman–Crippen MR) is 86.4 cm³/mol. The summed E-state index contributed by atoms with van der Waals surface area (Å²) in [5, 5.41) is 3.47. The van der Waals surface area contributed by atoms with Crippen molar-refractivity contribution < 1.29 is 4.39 Å². The zero-order chi connectivity index (χ0) is 15.5. The second kappa shape index (κ2) is 6.71. The molecule has 0 amide bonds. The predicted octanol–water partition coefficient (Wildman–Crippen LogP) is 3.99. The molecular formula is C16H21BrFN3. The van der Waals surface area contributed by atoms with Gasteiger partial charge in [-0.2, -0.15) is 0 Å². The summed E-state index contributed by atoms with van der Waals surface area (Å²) < 4.78 is 16.7. The van der Waals surface area contributed by atoms with Crippen LogP contribution in [0.5, 0.6) is 0 Å². The third-order valence-electron chi connectivity index (χ3n) is 3.55. The van der Waals surface area contributed by atoms with Crippen LogP contribution in [-0.2, 0) is 13.1 Å². The molecule has 1 heterocycles. The second-order valence-electron chi connectivity index (χ2n) is 6.29. The highest BCUT2D eigenvalue weighted by Crippen LogP contribution is 2.22. The van der Waals surface area contributed by atoms with Crippen LogP contribution in [0.2, 0.25) is 0 Å². The van der Waals surface area contributed by atoms with Crippen molar-refractivity contribution in [3.63, 3.8) is 0 Å². The van der Waals surface area contributed by atoms with Crippen molar-refractivity contribution in [1.82, 2.24) is 14.9 Å². The molecule has 0 aliphatic heterocycles. The molecule has 2 rings (SSSR count). The zero-order valence-electron chi connectivity index (χ0n) is 12.6. The Morgan fingerprint density at radius 1 is 1.38 bits per heavy atom. The average Bonchev–Trinajstić information content (AvgIpc) is 2.87. The van der Waals surface area contributed by atoms with E-state index in [2.05, 4.69) is 47.0 Å². The topological polar surface area (TPSA) is 29.9 Å². The van der Waals surface area contributed by atoms with Crippen LogP contribution < -0.4 is 5.32 Å². The van der Waals surface area contributed by atoms with Crippen molar-refractivity contribution >= 4 is 15.9 Å². The monoisotopic (exact) mass is 353 g/mol. The van der Waals surface area contributed by atoms with Crippen LogP contribution in [0.15, 0.2) is 41.4 Å². The van der Waals surface area contributed by atoms with Gasteiger partial charge in [0.1, 0.15) is 5.82 Å². The van der Waals surface area contributed by atoms with Crippen LogP contribution >= 0.6 is 15.9 Å². The van der Waals surface area contributed by atoms with Gasteiger partial charge in [0, 0.05) is 41.6 Å². The van der Waals surface area contributed by atoms with E-state index in [1.54, 1.807) is 12.5 Å². The summed E-state index contributed by atoms with van der Waals surface area (Å²) in [5.74, 6) is -0.188. The summed E-state index contributed by atoms with van der Waals surface area (Å²) >= 11 is 3.28. The Hall–Kier alpha value is -1.20. The lowest BCUT2D eigenvalue weighted by Crippen LogP contribution is -2.43. The third kappa shape index (κ3) is 4.64. The number of aromatic nitrogens is 2. The second-order valence-corrected chi connectivity index (χ2v) is 7.21. The van der Waals surface area contributed by atoms with E-state index in [0.717, 1.165) is 11.0 Å². The van der Waals surface area contributed by atoms with Crippen LogP contribution in [0, 0.1) is 11.2 Å². The summed E-state index contributed by atoms with van der Waals surface area (Å²) in [7, 11) is 0. The van der Waals surface area contributed by atoms with Gasteiger partial charge in [-0.3, -0.25) is 0 Å². The van der Waals surface area contributed by atoms with Crippen molar-refractivity contribution in [2.24, 2.45) is 5.41 Å². The number of hydrogen-bond acceptors (Lipinski definition) is 2. The van der Waals surface area contributed by atoms with Gasteiger partial charge in [0.15, 0.2) is 0 Å². The van der Waals surface area contributed by atoms with Crippen molar-refractivity contribution in [1.29, 1.82) is 0 Å². The maximum Gasteiger partial charge on any atom is 0.128 e. The number of nitrogens with one attached hydrogen (secondary N) is 1. The number of halogens is 2. The van der Waals surface area contributed by atoms with Crippen molar-refractivity contribution in [2.75, 3.05) is 0 Å². The van der Waals surface area contributed by atoms with Gasteiger partial charge in [-0.25, -0.2) is 9.37 Å². The van der Waals surface area contributed by atoms with Gasteiger partial charge in [0.25, 0.3) is 0 Å². The molecule has 5 heteroatoms. The van der Waals surface area contributed by atoms with Crippen molar-refractivity contribution in [3.8, 4) is 0 Å². The Kier molecular flexibility index (Phi) is 5.17. The molecule has 114 valence electrons. The minimum atomic E-state index is -0.188. The zero-order valence-corrected chi connectivity index (χ0v) is 14.2. The lowest BCUT2D eigenvalue weighted by molar-refractivity contribution is 0.239. The molecule has 21 heavy (non-hydrogen) atoms. The lowest BCUT2D eigenvalue weighted by Gasteiger charge is -2.32. The maximum atomic E-state index is 13.9. The Labute approximate surface area is 133 Å². The van der Waals surface area contributed by atoms with Gasteiger partial charge in [-0.05, 0) is 17.5 Å². The van der Waals surface area contributed by atoms with Crippen LogP contribution in [0.25, 0.3) is 0 Å². The van der Waals surface area contributed by atoms with E-state index in [9.17, 15) is 4.39 Å². The fraction of sp³-hybridized carbons (Fsp3) is 0.438. The van der Waals surface area contributed by atoms with Gasteiger partial charge in [0.2, 0.25) is 0 Å². The molecule has 0 spiro atoms. The molecular weight excluding hydrogens is 333 g/mol. The van der Waals surface area contributed by atoms with Gasteiger partial charge in [0.05, 0.1) is 6.33 Å². The fourth-order valence-corrected chi connectivity index (χ4v) is 2.48. The van der Waals surface area contributed by atoms with E-state index in [0.29, 0.717) is 12.1 Å². The van der Waals surface area contributed by atoms with Crippen molar-refractivity contribution in [2.45, 2.75) is 39.9 Å². The van der Waals surface area contributed by atoms with E-state index in [1.165, 1.54) is 6.07 Å². The van der Waals surface area contributed by atoms with Crippen LogP contribution in [0.4, 0.5) is 4.39 Å². The van der Waals surface area contributed by atoms with Gasteiger partial charge < -0.3 is 9.88 Å². The average molecular weight is 354 g/mol. The maximum absolute atomic E-state index is 13.9. The smallest absolute Gasteiger partial charge is 0.128 e. The molecule has 1 aromatic carbocycles. The SMILES string of the molecule is CC(C)(C)C(Cn1ccnc1)NCc1ccc(Br)cc1F. The highest BCUT2D eigenvalue weighted by atomic mass is 79.9. The Bertz CT molecular complexity index is 576. The molecule has 1 atom stereocenters. The molecule has 0 saturated carbocycles. The first kappa shape index (κ1) is 16.2. The molecule has 0 radical (unpaired) electrons. The quantitative estimate of drug-likeness (QED) is 0.880. The molecule has 1 N–H and O–H groups in total. The minimum Gasteiger partial charge on any atom is -0.336 e. The largest absolute Gasteiger partial charge is 0.336 e. The Balaban J connectivity index is 2.05. The molecule has 1 aromatic heterocycles. The van der Waals surface area contributed by atoms with E-state index in [-0.39, 0.29) is 17.3 Å². The number of hydrogen-bond donors (Lipinski definition) is 1. The van der Waals surface area contributed by atoms with E-state index < -0.39 is 0 Å². The van der Waals surface area contributed by atoms with Gasteiger partial charge in [-0.15, -0.1) is 0 Å².